The van der Waals surface area contributed by atoms with E-state index in [1.807, 2.05) is 0 Å². The number of hydrogen-bond donors (Lipinski definition) is 0. The Kier molecular flexibility index (Phi) is 7.93. The van der Waals surface area contributed by atoms with Crippen LogP contribution in [-0.2, 0) is 11.2 Å². The molecular formula is C17H25FO2. The standard InChI is InChI=1S/C17H25FO2/c1-3-4-5-6-7-8-11-15(19)13-14-10-9-12-16(20-2)17(14)18/h9-10,12H,3-8,11,13H2,1-2H3. The van der Waals surface area contributed by atoms with Gasteiger partial charge in [-0.3, -0.25) is 4.79 Å². The molecule has 0 aliphatic rings. The Balaban J connectivity index is 2.32. The minimum absolute atomic E-state index is 0.104. The highest BCUT2D eigenvalue weighted by atomic mass is 19.1. The lowest BCUT2D eigenvalue weighted by Gasteiger charge is -2.07. The fourth-order valence-corrected chi connectivity index (χ4v) is 2.25. The second kappa shape index (κ2) is 9.51. The van der Waals surface area contributed by atoms with Crippen molar-refractivity contribution in [2.24, 2.45) is 0 Å². The van der Waals surface area contributed by atoms with Crippen LogP contribution < -0.4 is 4.74 Å². The molecule has 0 aromatic heterocycles. The topological polar surface area (TPSA) is 26.3 Å². The Bertz CT molecular complexity index is 415. The molecule has 0 amide bonds. The maximum Gasteiger partial charge on any atom is 0.168 e. The van der Waals surface area contributed by atoms with Gasteiger partial charge in [0.25, 0.3) is 0 Å². The molecule has 0 aliphatic heterocycles. The summed E-state index contributed by atoms with van der Waals surface area (Å²) in [6.07, 6.45) is 7.64. The lowest BCUT2D eigenvalue weighted by atomic mass is 10.0. The van der Waals surface area contributed by atoms with Crippen molar-refractivity contribution in [2.75, 3.05) is 7.11 Å². The van der Waals surface area contributed by atoms with Crippen molar-refractivity contribution in [2.45, 2.75) is 58.3 Å². The third-order valence-corrected chi connectivity index (χ3v) is 3.46. The third kappa shape index (κ3) is 5.72. The summed E-state index contributed by atoms with van der Waals surface area (Å²) in [6.45, 7) is 2.19. The molecule has 20 heavy (non-hydrogen) atoms. The molecule has 1 rings (SSSR count). The summed E-state index contributed by atoms with van der Waals surface area (Å²) < 4.78 is 18.8. The van der Waals surface area contributed by atoms with E-state index in [-0.39, 0.29) is 18.0 Å². The SMILES string of the molecule is CCCCCCCCC(=O)Cc1cccc(OC)c1F. The first kappa shape index (κ1) is 16.7. The Morgan fingerprint density at radius 1 is 1.15 bits per heavy atom. The van der Waals surface area contributed by atoms with Crippen LogP contribution in [0.1, 0.15) is 57.4 Å². The molecule has 0 N–H and O–H groups in total. The van der Waals surface area contributed by atoms with Gasteiger partial charge in [-0.1, -0.05) is 51.2 Å². The highest BCUT2D eigenvalue weighted by molar-refractivity contribution is 5.81. The third-order valence-electron chi connectivity index (χ3n) is 3.46. The van der Waals surface area contributed by atoms with Crippen LogP contribution in [0.2, 0.25) is 0 Å². The number of carbonyl (C=O) groups is 1. The molecule has 0 aliphatic carbocycles. The molecule has 0 heterocycles. The molecule has 1 aromatic carbocycles. The van der Waals surface area contributed by atoms with E-state index in [0.717, 1.165) is 12.8 Å². The average Bonchev–Trinajstić information content (AvgIpc) is 2.45. The van der Waals surface area contributed by atoms with Gasteiger partial charge in [0.15, 0.2) is 11.6 Å². The number of carbonyl (C=O) groups excluding carboxylic acids is 1. The number of hydrogen-bond acceptors (Lipinski definition) is 2. The van der Waals surface area contributed by atoms with Crippen LogP contribution in [0.4, 0.5) is 4.39 Å². The molecule has 0 bridgehead atoms. The summed E-state index contributed by atoms with van der Waals surface area (Å²) in [5.74, 6) is -0.103. The van der Waals surface area contributed by atoms with Crippen LogP contribution in [0.25, 0.3) is 0 Å². The van der Waals surface area contributed by atoms with Crippen LogP contribution in [0.15, 0.2) is 18.2 Å². The van der Waals surface area contributed by atoms with E-state index in [2.05, 4.69) is 6.92 Å². The Hall–Kier alpha value is -1.38. The monoisotopic (exact) mass is 280 g/mol. The van der Waals surface area contributed by atoms with E-state index >= 15 is 0 Å². The second-order valence-corrected chi connectivity index (χ2v) is 5.17. The molecule has 0 fully saturated rings. The van der Waals surface area contributed by atoms with Gasteiger partial charge in [-0.2, -0.15) is 0 Å². The van der Waals surface area contributed by atoms with Crippen molar-refractivity contribution in [3.8, 4) is 5.75 Å². The van der Waals surface area contributed by atoms with Crippen LogP contribution in [0.3, 0.4) is 0 Å². The van der Waals surface area contributed by atoms with Gasteiger partial charge in [0.2, 0.25) is 0 Å². The first-order chi connectivity index (χ1) is 9.69. The summed E-state index contributed by atoms with van der Waals surface area (Å²) in [5, 5.41) is 0. The van der Waals surface area contributed by atoms with Gasteiger partial charge in [-0.15, -0.1) is 0 Å². The van der Waals surface area contributed by atoms with Crippen molar-refractivity contribution in [3.05, 3.63) is 29.6 Å². The van der Waals surface area contributed by atoms with Gasteiger partial charge in [0.1, 0.15) is 5.78 Å². The molecule has 0 saturated carbocycles. The molecule has 0 spiro atoms. The lowest BCUT2D eigenvalue weighted by Crippen LogP contribution is -2.05. The first-order valence-electron chi connectivity index (χ1n) is 7.52. The van der Waals surface area contributed by atoms with Gasteiger partial charge in [-0.25, -0.2) is 4.39 Å². The maximum atomic E-state index is 13.9. The summed E-state index contributed by atoms with van der Waals surface area (Å²) in [6, 6.07) is 4.93. The van der Waals surface area contributed by atoms with Crippen LogP contribution in [0, 0.1) is 5.82 Å². The van der Waals surface area contributed by atoms with Gasteiger partial charge < -0.3 is 4.74 Å². The van der Waals surface area contributed by atoms with Crippen LogP contribution >= 0.6 is 0 Å². The van der Waals surface area contributed by atoms with Crippen molar-refractivity contribution >= 4 is 5.78 Å². The average molecular weight is 280 g/mol. The summed E-state index contributed by atoms with van der Waals surface area (Å²) in [4.78, 5) is 11.8. The van der Waals surface area contributed by atoms with Crippen molar-refractivity contribution < 1.29 is 13.9 Å². The van der Waals surface area contributed by atoms with Crippen molar-refractivity contribution in [3.63, 3.8) is 0 Å². The number of halogens is 1. The molecule has 0 saturated heterocycles. The predicted molar refractivity (Wildman–Crippen MR) is 79.7 cm³/mol. The largest absolute Gasteiger partial charge is 0.494 e. The zero-order valence-electron chi connectivity index (χ0n) is 12.6. The highest BCUT2D eigenvalue weighted by Crippen LogP contribution is 2.21. The molecule has 2 nitrogen and oxygen atoms in total. The van der Waals surface area contributed by atoms with Crippen LogP contribution in [0.5, 0.6) is 5.75 Å². The number of ether oxygens (including phenoxy) is 1. The minimum Gasteiger partial charge on any atom is -0.494 e. The summed E-state index contributed by atoms with van der Waals surface area (Å²) in [7, 11) is 1.43. The number of methoxy groups -OCH3 is 1. The smallest absolute Gasteiger partial charge is 0.168 e. The normalized spacial score (nSPS) is 10.6. The molecule has 112 valence electrons. The zero-order valence-corrected chi connectivity index (χ0v) is 12.6. The van der Waals surface area contributed by atoms with Gasteiger partial charge >= 0.3 is 0 Å². The maximum absolute atomic E-state index is 13.9. The van der Waals surface area contributed by atoms with Crippen LogP contribution in [-0.4, -0.2) is 12.9 Å². The van der Waals surface area contributed by atoms with E-state index in [1.165, 1.54) is 32.8 Å². The highest BCUT2D eigenvalue weighted by Gasteiger charge is 2.11. The molecular weight excluding hydrogens is 255 g/mol. The van der Waals surface area contributed by atoms with Crippen molar-refractivity contribution in [1.29, 1.82) is 0 Å². The quantitative estimate of drug-likeness (QED) is 0.581. The number of Topliss-reactive ketones (excluding diaryl/α,β-unsaturated/α-hetero) is 1. The van der Waals surface area contributed by atoms with Crippen molar-refractivity contribution in [1.82, 2.24) is 0 Å². The molecule has 0 atom stereocenters. The zero-order chi connectivity index (χ0) is 14.8. The lowest BCUT2D eigenvalue weighted by molar-refractivity contribution is -0.118. The molecule has 0 radical (unpaired) electrons. The Labute approximate surface area is 121 Å². The number of benzene rings is 1. The number of ketones is 1. The predicted octanol–water partition coefficient (Wildman–Crippen LogP) is 4.70. The summed E-state index contributed by atoms with van der Waals surface area (Å²) >= 11 is 0. The van der Waals surface area contributed by atoms with Gasteiger partial charge in [-0.05, 0) is 18.1 Å². The van der Waals surface area contributed by atoms with E-state index in [9.17, 15) is 9.18 Å². The summed E-state index contributed by atoms with van der Waals surface area (Å²) in [5.41, 5.74) is 0.431. The molecule has 3 heteroatoms. The Morgan fingerprint density at radius 2 is 1.85 bits per heavy atom. The second-order valence-electron chi connectivity index (χ2n) is 5.17. The minimum atomic E-state index is -0.411. The number of unbranched alkanes of at least 4 members (excludes halogenated alkanes) is 5. The molecule has 1 aromatic rings. The van der Waals surface area contributed by atoms with Gasteiger partial charge in [0.05, 0.1) is 7.11 Å². The first-order valence-corrected chi connectivity index (χ1v) is 7.52. The van der Waals surface area contributed by atoms with E-state index in [0.29, 0.717) is 12.0 Å². The number of rotatable bonds is 10. The van der Waals surface area contributed by atoms with E-state index < -0.39 is 5.82 Å². The molecule has 0 unspecified atom stereocenters. The van der Waals surface area contributed by atoms with E-state index in [1.54, 1.807) is 18.2 Å². The fraction of sp³-hybridized carbons (Fsp3) is 0.588. The Morgan fingerprint density at radius 3 is 2.55 bits per heavy atom. The fourth-order valence-electron chi connectivity index (χ4n) is 2.25. The van der Waals surface area contributed by atoms with E-state index in [4.69, 9.17) is 4.74 Å². The van der Waals surface area contributed by atoms with Gasteiger partial charge in [0, 0.05) is 12.8 Å².